The number of nitrogens with two attached hydrogens (primary N) is 1. The minimum Gasteiger partial charge on any atom is -0.372 e. The molecule has 1 saturated heterocycles. The molecule has 0 radical (unpaired) electrons. The van der Waals surface area contributed by atoms with Crippen LogP contribution in [0.5, 0.6) is 0 Å². The zero-order valence-electron chi connectivity index (χ0n) is 17.3. The maximum absolute atomic E-state index is 12.4. The largest absolute Gasteiger partial charge is 0.372 e. The molecule has 2 unspecified atom stereocenters. The van der Waals surface area contributed by atoms with E-state index in [4.69, 9.17) is 10.5 Å². The molecule has 2 rings (SSSR count). The summed E-state index contributed by atoms with van der Waals surface area (Å²) in [6.45, 7) is 8.52. The summed E-state index contributed by atoms with van der Waals surface area (Å²) < 4.78 is 7.10. The number of aromatic nitrogens is 2. The molecule has 3 atom stereocenters. The average Bonchev–Trinajstić information content (AvgIpc) is 3.04. The first-order valence-electron chi connectivity index (χ1n) is 9.44. The Labute approximate surface area is 176 Å². The zero-order valence-corrected chi connectivity index (χ0v) is 18.1. The van der Waals surface area contributed by atoms with Crippen molar-refractivity contribution >= 4 is 35.8 Å². The maximum Gasteiger partial charge on any atom is 0.244 e. The number of hydrogen-bond donors (Lipinski definition) is 3. The molecule has 3 amide bonds. The molecule has 0 aliphatic carbocycles. The number of ether oxygens (including phenoxy) is 1. The van der Waals surface area contributed by atoms with Gasteiger partial charge in [0.2, 0.25) is 17.7 Å². The number of hydrogen-bond acceptors (Lipinski definition) is 6. The second kappa shape index (κ2) is 11.1. The van der Waals surface area contributed by atoms with Gasteiger partial charge in [-0.05, 0) is 19.8 Å². The highest BCUT2D eigenvalue weighted by atomic mass is 35.5. The van der Waals surface area contributed by atoms with Gasteiger partial charge in [-0.25, -0.2) is 0 Å². The lowest BCUT2D eigenvalue weighted by Crippen LogP contribution is -2.49. The first-order valence-corrected chi connectivity index (χ1v) is 9.44. The Morgan fingerprint density at radius 2 is 1.90 bits per heavy atom. The van der Waals surface area contributed by atoms with E-state index in [1.54, 1.807) is 11.1 Å². The van der Waals surface area contributed by atoms with E-state index in [-0.39, 0.29) is 55.4 Å². The van der Waals surface area contributed by atoms with Crippen molar-refractivity contribution in [3.8, 4) is 0 Å². The van der Waals surface area contributed by atoms with Crippen LogP contribution in [-0.2, 0) is 25.7 Å². The van der Waals surface area contributed by atoms with Gasteiger partial charge in [-0.2, -0.15) is 5.10 Å². The van der Waals surface area contributed by atoms with Crippen LogP contribution in [0.3, 0.4) is 0 Å². The SMILES string of the molecule is CC1CN(C(=O)Cn2cc(NC(=O)CNC(=O)[C@@H](N)C(C)C)cn2)CC(C)O1.Cl. The van der Waals surface area contributed by atoms with Crippen LogP contribution in [0.15, 0.2) is 12.4 Å². The third kappa shape index (κ3) is 7.64. The molecule has 0 aromatic carbocycles. The Kier molecular flexibility index (Phi) is 9.54. The van der Waals surface area contributed by atoms with Crippen LogP contribution in [0, 0.1) is 5.92 Å². The van der Waals surface area contributed by atoms with E-state index in [0.29, 0.717) is 18.8 Å². The zero-order chi connectivity index (χ0) is 20.8. The Morgan fingerprint density at radius 1 is 1.28 bits per heavy atom. The Morgan fingerprint density at radius 3 is 2.48 bits per heavy atom. The second-order valence-electron chi connectivity index (χ2n) is 7.52. The van der Waals surface area contributed by atoms with Crippen LogP contribution in [0.2, 0.25) is 0 Å². The topological polar surface area (TPSA) is 132 Å². The molecular formula is C18H31ClN6O4. The average molecular weight is 431 g/mol. The highest BCUT2D eigenvalue weighted by Gasteiger charge is 2.26. The molecule has 0 spiro atoms. The molecular weight excluding hydrogens is 400 g/mol. The molecule has 2 heterocycles. The summed E-state index contributed by atoms with van der Waals surface area (Å²) in [5, 5.41) is 9.23. The van der Waals surface area contributed by atoms with E-state index in [1.165, 1.54) is 10.9 Å². The van der Waals surface area contributed by atoms with Gasteiger partial charge in [-0.1, -0.05) is 13.8 Å². The summed E-state index contributed by atoms with van der Waals surface area (Å²) in [4.78, 5) is 38.0. The molecule has 29 heavy (non-hydrogen) atoms. The van der Waals surface area contributed by atoms with Gasteiger partial charge in [-0.15, -0.1) is 12.4 Å². The summed E-state index contributed by atoms with van der Waals surface area (Å²) in [5.74, 6) is -0.847. The number of halogens is 1. The molecule has 164 valence electrons. The summed E-state index contributed by atoms with van der Waals surface area (Å²) in [7, 11) is 0. The van der Waals surface area contributed by atoms with Crippen molar-refractivity contribution in [3.63, 3.8) is 0 Å². The van der Waals surface area contributed by atoms with Gasteiger partial charge < -0.3 is 26.0 Å². The van der Waals surface area contributed by atoms with Gasteiger partial charge >= 0.3 is 0 Å². The number of anilines is 1. The van der Waals surface area contributed by atoms with Crippen molar-refractivity contribution in [2.24, 2.45) is 11.7 Å². The summed E-state index contributed by atoms with van der Waals surface area (Å²) in [6.07, 6.45) is 3.03. The number of morpholine rings is 1. The molecule has 1 aliphatic rings. The normalized spacial score (nSPS) is 20.0. The Hall–Kier alpha value is -2.17. The van der Waals surface area contributed by atoms with Crippen molar-refractivity contribution in [1.29, 1.82) is 0 Å². The number of nitrogens with zero attached hydrogens (tertiary/aromatic N) is 3. The quantitative estimate of drug-likeness (QED) is 0.557. The van der Waals surface area contributed by atoms with Gasteiger partial charge in [0.15, 0.2) is 0 Å². The fourth-order valence-electron chi connectivity index (χ4n) is 2.93. The number of carbonyl (C=O) groups is 3. The van der Waals surface area contributed by atoms with Crippen LogP contribution in [-0.4, -0.2) is 70.3 Å². The van der Waals surface area contributed by atoms with Crippen molar-refractivity contribution in [2.45, 2.75) is 52.5 Å². The van der Waals surface area contributed by atoms with E-state index in [9.17, 15) is 14.4 Å². The summed E-state index contributed by atoms with van der Waals surface area (Å²) in [5.41, 5.74) is 6.17. The monoisotopic (exact) mass is 430 g/mol. The van der Waals surface area contributed by atoms with Gasteiger partial charge in [-0.3, -0.25) is 19.1 Å². The molecule has 1 aromatic heterocycles. The second-order valence-corrected chi connectivity index (χ2v) is 7.52. The number of amides is 3. The van der Waals surface area contributed by atoms with Gasteiger partial charge in [0.05, 0.1) is 36.7 Å². The molecule has 11 heteroatoms. The predicted molar refractivity (Wildman–Crippen MR) is 111 cm³/mol. The van der Waals surface area contributed by atoms with E-state index in [2.05, 4.69) is 15.7 Å². The molecule has 4 N–H and O–H groups in total. The first kappa shape index (κ1) is 24.9. The fourth-order valence-corrected chi connectivity index (χ4v) is 2.93. The van der Waals surface area contributed by atoms with Gasteiger partial charge in [0, 0.05) is 19.3 Å². The number of nitrogens with one attached hydrogen (secondary N) is 2. The molecule has 1 fully saturated rings. The van der Waals surface area contributed by atoms with Gasteiger partial charge in [0.25, 0.3) is 0 Å². The van der Waals surface area contributed by atoms with Crippen molar-refractivity contribution in [2.75, 3.05) is 25.0 Å². The van der Waals surface area contributed by atoms with E-state index >= 15 is 0 Å². The van der Waals surface area contributed by atoms with Crippen LogP contribution < -0.4 is 16.4 Å². The highest BCUT2D eigenvalue weighted by molar-refractivity contribution is 5.95. The van der Waals surface area contributed by atoms with E-state index in [1.807, 2.05) is 27.7 Å². The third-order valence-electron chi connectivity index (χ3n) is 4.43. The van der Waals surface area contributed by atoms with Crippen molar-refractivity contribution in [3.05, 3.63) is 12.4 Å². The van der Waals surface area contributed by atoms with Crippen molar-refractivity contribution < 1.29 is 19.1 Å². The summed E-state index contributed by atoms with van der Waals surface area (Å²) >= 11 is 0. The first-order chi connectivity index (χ1) is 13.2. The Bertz CT molecular complexity index is 700. The highest BCUT2D eigenvalue weighted by Crippen LogP contribution is 2.12. The third-order valence-corrected chi connectivity index (χ3v) is 4.43. The number of carbonyl (C=O) groups excluding carboxylic acids is 3. The van der Waals surface area contributed by atoms with Gasteiger partial charge in [0.1, 0.15) is 6.54 Å². The van der Waals surface area contributed by atoms with Crippen molar-refractivity contribution in [1.82, 2.24) is 20.0 Å². The molecule has 0 bridgehead atoms. The van der Waals surface area contributed by atoms with Crippen LogP contribution in [0.4, 0.5) is 5.69 Å². The van der Waals surface area contributed by atoms with Crippen LogP contribution >= 0.6 is 12.4 Å². The fraction of sp³-hybridized carbons (Fsp3) is 0.667. The number of rotatable bonds is 7. The lowest BCUT2D eigenvalue weighted by atomic mass is 10.1. The summed E-state index contributed by atoms with van der Waals surface area (Å²) in [6, 6.07) is -0.660. The maximum atomic E-state index is 12.4. The predicted octanol–water partition coefficient (Wildman–Crippen LogP) is -0.0213. The lowest BCUT2D eigenvalue weighted by molar-refractivity contribution is -0.144. The van der Waals surface area contributed by atoms with Crippen LogP contribution in [0.1, 0.15) is 27.7 Å². The minimum absolute atomic E-state index is 0. The molecule has 1 aromatic rings. The lowest BCUT2D eigenvalue weighted by Gasteiger charge is -2.35. The molecule has 1 aliphatic heterocycles. The molecule has 10 nitrogen and oxygen atoms in total. The van der Waals surface area contributed by atoms with Crippen LogP contribution in [0.25, 0.3) is 0 Å². The Balaban J connectivity index is 0.00000420. The smallest absolute Gasteiger partial charge is 0.244 e. The standard InChI is InChI=1S/C18H30N6O4.ClH/c1-11(2)17(19)18(27)20-6-15(25)22-14-5-21-24(9-14)10-16(26)23-7-12(3)28-13(4)8-23;/h5,9,11-13,17H,6-8,10,19H2,1-4H3,(H,20,27)(H,22,25);1H/t12?,13?,17-;/m0./s1. The molecule has 0 saturated carbocycles. The van der Waals surface area contributed by atoms with E-state index in [0.717, 1.165) is 0 Å². The minimum atomic E-state index is -0.660. The van der Waals surface area contributed by atoms with E-state index < -0.39 is 11.9 Å².